The minimum Gasteiger partial charge on any atom is -0.454 e. The topological polar surface area (TPSA) is 83.4 Å². The first kappa shape index (κ1) is 17.0. The van der Waals surface area contributed by atoms with Gasteiger partial charge in [-0.15, -0.1) is 0 Å². The van der Waals surface area contributed by atoms with Crippen molar-refractivity contribution in [1.29, 1.82) is 5.26 Å². The lowest BCUT2D eigenvalue weighted by Crippen LogP contribution is -2.14. The van der Waals surface area contributed by atoms with Gasteiger partial charge in [-0.3, -0.25) is 4.79 Å². The Morgan fingerprint density at radius 3 is 2.76 bits per heavy atom. The number of amides is 1. The van der Waals surface area contributed by atoms with Gasteiger partial charge in [-0.2, -0.15) is 5.26 Å². The third-order valence-corrected chi connectivity index (χ3v) is 3.86. The number of hydrogen-bond acceptors (Lipinski definition) is 5. The Bertz CT molecular complexity index is 906. The average Bonchev–Trinajstić information content (AvgIpc) is 3.06. The van der Waals surface area contributed by atoms with Crippen LogP contribution in [0.5, 0.6) is 11.5 Å². The monoisotopic (exact) mass is 375 g/mol. The van der Waals surface area contributed by atoms with E-state index in [9.17, 15) is 10.1 Å². The second-order valence-corrected chi connectivity index (χ2v) is 5.80. The molecule has 0 atom stereocenters. The number of nitrogens with zero attached hydrogens (tertiary/aromatic N) is 1. The SMILES string of the molecule is N#C/C(=C/Nc1ccc2c(c1)OCO2)C(=O)Nc1cc(Cl)ccc1Cl. The number of benzene rings is 2. The molecular formula is C17H11Cl2N3O3. The summed E-state index contributed by atoms with van der Waals surface area (Å²) in [6.07, 6.45) is 1.30. The predicted octanol–water partition coefficient (Wildman–Crippen LogP) is 4.18. The highest BCUT2D eigenvalue weighted by Gasteiger charge is 2.14. The zero-order chi connectivity index (χ0) is 17.8. The quantitative estimate of drug-likeness (QED) is 0.618. The van der Waals surface area contributed by atoms with Crippen molar-refractivity contribution in [2.45, 2.75) is 0 Å². The van der Waals surface area contributed by atoms with E-state index in [0.29, 0.717) is 32.9 Å². The highest BCUT2D eigenvalue weighted by molar-refractivity contribution is 6.35. The summed E-state index contributed by atoms with van der Waals surface area (Å²) in [5.41, 5.74) is 0.836. The Morgan fingerprint density at radius 2 is 1.96 bits per heavy atom. The Kier molecular flexibility index (Phi) is 4.98. The molecule has 0 radical (unpaired) electrons. The molecule has 2 aromatic rings. The lowest BCUT2D eigenvalue weighted by molar-refractivity contribution is -0.112. The van der Waals surface area contributed by atoms with Crippen molar-refractivity contribution in [3.05, 3.63) is 58.2 Å². The standard InChI is InChI=1S/C17H11Cl2N3O3/c18-11-1-3-13(19)14(5-11)22-17(23)10(7-20)8-21-12-2-4-15-16(6-12)25-9-24-15/h1-6,8,21H,9H2,(H,22,23)/b10-8-. The molecule has 1 amide bonds. The number of fused-ring (bicyclic) bond motifs is 1. The Morgan fingerprint density at radius 1 is 1.16 bits per heavy atom. The summed E-state index contributed by atoms with van der Waals surface area (Å²) in [7, 11) is 0. The molecule has 8 heteroatoms. The van der Waals surface area contributed by atoms with E-state index in [1.165, 1.54) is 12.3 Å². The van der Waals surface area contributed by atoms with Gasteiger partial charge in [-0.1, -0.05) is 23.2 Å². The van der Waals surface area contributed by atoms with Crippen molar-refractivity contribution >= 4 is 40.5 Å². The maximum absolute atomic E-state index is 12.2. The highest BCUT2D eigenvalue weighted by Crippen LogP contribution is 2.34. The first-order chi connectivity index (χ1) is 12.1. The van der Waals surface area contributed by atoms with Crippen LogP contribution in [-0.4, -0.2) is 12.7 Å². The zero-order valence-electron chi connectivity index (χ0n) is 12.7. The minimum atomic E-state index is -0.611. The summed E-state index contributed by atoms with van der Waals surface area (Å²) in [6, 6.07) is 11.7. The molecule has 0 spiro atoms. The van der Waals surface area contributed by atoms with Crippen LogP contribution in [0.3, 0.4) is 0 Å². The first-order valence-electron chi connectivity index (χ1n) is 7.09. The van der Waals surface area contributed by atoms with Gasteiger partial charge in [0.2, 0.25) is 6.79 Å². The maximum atomic E-state index is 12.2. The Labute approximate surface area is 153 Å². The van der Waals surface area contributed by atoms with Gasteiger partial charge in [0.1, 0.15) is 11.6 Å². The second-order valence-electron chi connectivity index (χ2n) is 4.96. The summed E-state index contributed by atoms with van der Waals surface area (Å²) in [5, 5.41) is 15.4. The molecule has 3 rings (SSSR count). The lowest BCUT2D eigenvalue weighted by Gasteiger charge is -2.07. The fourth-order valence-corrected chi connectivity index (χ4v) is 2.41. The van der Waals surface area contributed by atoms with E-state index in [-0.39, 0.29) is 12.4 Å². The minimum absolute atomic E-state index is 0.131. The van der Waals surface area contributed by atoms with Gasteiger partial charge in [0.15, 0.2) is 11.5 Å². The molecule has 0 saturated carbocycles. The number of carbonyl (C=O) groups excluding carboxylic acids is 1. The fourth-order valence-electron chi connectivity index (χ4n) is 2.07. The number of hydrogen-bond donors (Lipinski definition) is 2. The van der Waals surface area contributed by atoms with Crippen LogP contribution in [0, 0.1) is 11.3 Å². The van der Waals surface area contributed by atoms with Crippen LogP contribution in [0.2, 0.25) is 10.0 Å². The molecule has 0 unspecified atom stereocenters. The molecular weight excluding hydrogens is 365 g/mol. The smallest absolute Gasteiger partial charge is 0.267 e. The van der Waals surface area contributed by atoms with Crippen LogP contribution in [0.15, 0.2) is 48.2 Å². The largest absolute Gasteiger partial charge is 0.454 e. The molecule has 126 valence electrons. The summed E-state index contributed by atoms with van der Waals surface area (Å²) in [4.78, 5) is 12.2. The average molecular weight is 376 g/mol. The third-order valence-electron chi connectivity index (χ3n) is 3.30. The van der Waals surface area contributed by atoms with Crippen molar-refractivity contribution in [1.82, 2.24) is 0 Å². The molecule has 6 nitrogen and oxygen atoms in total. The fraction of sp³-hybridized carbons (Fsp3) is 0.0588. The van der Waals surface area contributed by atoms with Crippen LogP contribution < -0.4 is 20.1 Å². The van der Waals surface area contributed by atoms with Gasteiger partial charge in [-0.25, -0.2) is 0 Å². The van der Waals surface area contributed by atoms with Gasteiger partial charge < -0.3 is 20.1 Å². The van der Waals surface area contributed by atoms with Gasteiger partial charge in [0.05, 0.1) is 10.7 Å². The van der Waals surface area contributed by atoms with Crippen molar-refractivity contribution in [2.24, 2.45) is 0 Å². The van der Waals surface area contributed by atoms with E-state index < -0.39 is 5.91 Å². The van der Waals surface area contributed by atoms with Crippen molar-refractivity contribution < 1.29 is 14.3 Å². The van der Waals surface area contributed by atoms with Crippen LogP contribution in [0.1, 0.15) is 0 Å². The third kappa shape index (κ3) is 3.97. The molecule has 0 bridgehead atoms. The number of anilines is 2. The molecule has 0 aliphatic carbocycles. The van der Waals surface area contributed by atoms with E-state index in [0.717, 1.165) is 0 Å². The predicted molar refractivity (Wildman–Crippen MR) is 95.0 cm³/mol. The second kappa shape index (κ2) is 7.34. The summed E-state index contributed by atoms with van der Waals surface area (Å²) < 4.78 is 10.5. The maximum Gasteiger partial charge on any atom is 0.267 e. The highest BCUT2D eigenvalue weighted by atomic mass is 35.5. The number of nitrogens with one attached hydrogen (secondary N) is 2. The van der Waals surface area contributed by atoms with Gasteiger partial charge in [-0.05, 0) is 30.3 Å². The molecule has 2 N–H and O–H groups in total. The molecule has 1 aliphatic rings. The number of rotatable bonds is 4. The summed E-state index contributed by atoms with van der Waals surface area (Å²) >= 11 is 11.9. The molecule has 2 aromatic carbocycles. The van der Waals surface area contributed by atoms with E-state index in [4.69, 9.17) is 32.7 Å². The molecule has 0 aromatic heterocycles. The number of halogens is 2. The number of carbonyl (C=O) groups is 1. The van der Waals surface area contributed by atoms with E-state index in [1.807, 2.05) is 6.07 Å². The Balaban J connectivity index is 1.73. The lowest BCUT2D eigenvalue weighted by atomic mass is 10.2. The molecule has 1 aliphatic heterocycles. The molecule has 0 saturated heterocycles. The van der Waals surface area contributed by atoms with Crippen LogP contribution >= 0.6 is 23.2 Å². The van der Waals surface area contributed by atoms with Crippen molar-refractivity contribution in [3.63, 3.8) is 0 Å². The molecule has 1 heterocycles. The van der Waals surface area contributed by atoms with Crippen molar-refractivity contribution in [3.8, 4) is 17.6 Å². The zero-order valence-corrected chi connectivity index (χ0v) is 14.2. The molecule has 0 fully saturated rings. The van der Waals surface area contributed by atoms with Crippen LogP contribution in [-0.2, 0) is 4.79 Å². The van der Waals surface area contributed by atoms with Crippen LogP contribution in [0.4, 0.5) is 11.4 Å². The number of ether oxygens (including phenoxy) is 2. The normalized spacial score (nSPS) is 12.4. The Hall–Kier alpha value is -2.88. The van der Waals surface area contributed by atoms with Crippen molar-refractivity contribution in [2.75, 3.05) is 17.4 Å². The van der Waals surface area contributed by atoms with Crippen LogP contribution in [0.25, 0.3) is 0 Å². The van der Waals surface area contributed by atoms with Gasteiger partial charge >= 0.3 is 0 Å². The summed E-state index contributed by atoms with van der Waals surface area (Å²) in [6.45, 7) is 0.168. The summed E-state index contributed by atoms with van der Waals surface area (Å²) in [5.74, 6) is 0.621. The molecule has 25 heavy (non-hydrogen) atoms. The van der Waals surface area contributed by atoms with E-state index in [2.05, 4.69) is 10.6 Å². The first-order valence-corrected chi connectivity index (χ1v) is 7.85. The van der Waals surface area contributed by atoms with Gasteiger partial charge in [0.25, 0.3) is 5.91 Å². The number of nitriles is 1. The van der Waals surface area contributed by atoms with E-state index >= 15 is 0 Å². The van der Waals surface area contributed by atoms with E-state index in [1.54, 1.807) is 30.3 Å². The van der Waals surface area contributed by atoms with Gasteiger partial charge in [0, 0.05) is 23.0 Å².